The molecule has 0 atom stereocenters. The first-order chi connectivity index (χ1) is 21.9. The van der Waals surface area contributed by atoms with Crippen molar-refractivity contribution in [3.05, 3.63) is 146 Å². The summed E-state index contributed by atoms with van der Waals surface area (Å²) >= 11 is 0. The topological polar surface area (TPSA) is 44.5 Å². The van der Waals surface area contributed by atoms with Crippen LogP contribution in [0.2, 0.25) is 0 Å². The van der Waals surface area contributed by atoms with Crippen molar-refractivity contribution in [1.29, 1.82) is 0 Å². The fraction of sp³-hybridized carbons (Fsp3) is 0. The van der Waals surface area contributed by atoms with Gasteiger partial charge in [0.1, 0.15) is 0 Å². The third-order valence-electron chi connectivity index (χ3n) is 8.78. The van der Waals surface area contributed by atoms with Gasteiger partial charge in [0.05, 0.1) is 44.1 Å². The normalized spacial score (nSPS) is 12.1. The number of hydrogen-bond donors (Lipinski definition) is 0. The highest BCUT2D eigenvalue weighted by atomic mass is 15.2. The zero-order valence-electron chi connectivity index (χ0n) is 23.5. The molecule has 10 aromatic rings. The zero-order valence-corrected chi connectivity index (χ0v) is 23.5. The summed E-state index contributed by atoms with van der Waals surface area (Å²) < 4.78 is 9.06. The van der Waals surface area contributed by atoms with Crippen LogP contribution in [0.4, 0.5) is 0 Å². The van der Waals surface area contributed by atoms with E-state index < -0.39 is 0 Å². The van der Waals surface area contributed by atoms with Crippen LogP contribution in [0, 0.1) is 0 Å². The summed E-state index contributed by atoms with van der Waals surface area (Å²) in [5.41, 5.74) is 12.9. The number of fused-ring (bicyclic) bond motifs is 10. The molecule has 4 aromatic heterocycles. The van der Waals surface area contributed by atoms with Crippen LogP contribution in [0.15, 0.2) is 146 Å². The smallest absolute Gasteiger partial charge is 0.220 e. The highest BCUT2D eigenvalue weighted by molar-refractivity contribution is 6.05. The molecule has 0 bridgehead atoms. The Morgan fingerprint density at radius 1 is 0.318 bits per heavy atom. The first-order valence-corrected chi connectivity index (χ1v) is 14.8. The monoisotopic (exact) mass is 564 g/mol. The molecule has 0 saturated carbocycles. The molecule has 0 fully saturated rings. The second-order valence-corrected chi connectivity index (χ2v) is 11.2. The third kappa shape index (κ3) is 3.03. The van der Waals surface area contributed by atoms with E-state index in [1.54, 1.807) is 0 Å². The Balaban J connectivity index is 1.30. The van der Waals surface area contributed by atoms with Gasteiger partial charge in [0.25, 0.3) is 0 Å². The molecule has 0 aliphatic carbocycles. The van der Waals surface area contributed by atoms with Gasteiger partial charge in [0.15, 0.2) is 0 Å². The van der Waals surface area contributed by atoms with Crippen LogP contribution in [0.3, 0.4) is 0 Å². The van der Waals surface area contributed by atoms with Crippen molar-refractivity contribution in [3.63, 3.8) is 0 Å². The maximum Gasteiger partial charge on any atom is 0.220 e. The maximum absolute atomic E-state index is 5.35. The predicted molar refractivity (Wildman–Crippen MR) is 178 cm³/mol. The molecule has 44 heavy (non-hydrogen) atoms. The number of rotatable bonds is 3. The Morgan fingerprint density at radius 2 is 0.682 bits per heavy atom. The highest BCUT2D eigenvalue weighted by Gasteiger charge is 2.22. The summed E-state index contributed by atoms with van der Waals surface area (Å²) in [7, 11) is 0. The van der Waals surface area contributed by atoms with Gasteiger partial charge in [-0.15, -0.1) is 0 Å². The van der Waals surface area contributed by atoms with Gasteiger partial charge in [-0.3, -0.25) is 17.9 Å². The van der Waals surface area contributed by atoms with E-state index in [0.29, 0.717) is 0 Å². The molecule has 10 rings (SSSR count). The van der Waals surface area contributed by atoms with Gasteiger partial charge in [-0.05, 0) is 60.7 Å². The number of hydrogen-bond acceptors (Lipinski definition) is 2. The van der Waals surface area contributed by atoms with Crippen molar-refractivity contribution in [2.45, 2.75) is 0 Å². The molecule has 0 aliphatic rings. The molecule has 4 heterocycles. The minimum atomic E-state index is 0.892. The standard InChI is InChI=1S/C38H24N6/c1-3-13-25(14-4-1)41-29-19-7-9-21-31(29)43-33-23-11-17-27(35(33)39-37(41)43)28-18-12-24-34-36(28)40-38-42(26-15-5-2-6-16-26)30-20-8-10-22-32(30)44(34)38/h1-24H. The van der Waals surface area contributed by atoms with E-state index in [2.05, 4.69) is 151 Å². The average molecular weight is 565 g/mol. The Morgan fingerprint density at radius 3 is 1.11 bits per heavy atom. The van der Waals surface area contributed by atoms with E-state index in [4.69, 9.17) is 9.97 Å². The summed E-state index contributed by atoms with van der Waals surface area (Å²) in [5, 5.41) is 0. The Hall–Kier alpha value is -6.14. The van der Waals surface area contributed by atoms with Gasteiger partial charge in [-0.1, -0.05) is 84.9 Å². The quantitative estimate of drug-likeness (QED) is 0.215. The van der Waals surface area contributed by atoms with Gasteiger partial charge in [0, 0.05) is 22.5 Å². The van der Waals surface area contributed by atoms with E-state index in [1.807, 2.05) is 12.1 Å². The number of benzene rings is 6. The van der Waals surface area contributed by atoms with Gasteiger partial charge in [0.2, 0.25) is 11.6 Å². The third-order valence-corrected chi connectivity index (χ3v) is 8.78. The molecule has 0 spiro atoms. The number of para-hydroxylation sites is 8. The highest BCUT2D eigenvalue weighted by Crippen LogP contribution is 2.38. The number of imidazole rings is 4. The Bertz CT molecular complexity index is 2520. The molecule has 6 heteroatoms. The van der Waals surface area contributed by atoms with Gasteiger partial charge in [-0.2, -0.15) is 0 Å². The summed E-state index contributed by atoms with van der Waals surface area (Å²) in [4.78, 5) is 10.7. The number of aromatic nitrogens is 6. The molecule has 6 aromatic carbocycles. The summed E-state index contributed by atoms with van der Waals surface area (Å²) in [6.45, 7) is 0. The van der Waals surface area contributed by atoms with Crippen molar-refractivity contribution in [2.75, 3.05) is 0 Å². The zero-order chi connectivity index (χ0) is 28.8. The van der Waals surface area contributed by atoms with Crippen LogP contribution in [0.25, 0.3) is 78.2 Å². The van der Waals surface area contributed by atoms with Gasteiger partial charge >= 0.3 is 0 Å². The van der Waals surface area contributed by atoms with Crippen molar-refractivity contribution >= 4 is 55.7 Å². The number of nitrogens with zero attached hydrogens (tertiary/aromatic N) is 6. The predicted octanol–water partition coefficient (Wildman–Crippen LogP) is 8.84. The second-order valence-electron chi connectivity index (χ2n) is 11.2. The molecule has 6 nitrogen and oxygen atoms in total. The van der Waals surface area contributed by atoms with E-state index in [9.17, 15) is 0 Å². The lowest BCUT2D eigenvalue weighted by Gasteiger charge is -2.06. The molecule has 0 saturated heterocycles. The molecule has 206 valence electrons. The minimum absolute atomic E-state index is 0.892. The lowest BCUT2D eigenvalue weighted by molar-refractivity contribution is 1.11. The molecule has 0 radical (unpaired) electrons. The molecule has 0 aliphatic heterocycles. The summed E-state index contributed by atoms with van der Waals surface area (Å²) in [6.07, 6.45) is 0. The van der Waals surface area contributed by atoms with Gasteiger partial charge in [-0.25, -0.2) is 9.97 Å². The molecular formula is C38H24N6. The first-order valence-electron chi connectivity index (χ1n) is 14.8. The van der Waals surface area contributed by atoms with E-state index in [0.717, 1.165) is 78.2 Å². The molecule has 0 N–H and O–H groups in total. The van der Waals surface area contributed by atoms with Crippen LogP contribution >= 0.6 is 0 Å². The van der Waals surface area contributed by atoms with E-state index in [-0.39, 0.29) is 0 Å². The SMILES string of the molecule is c1ccc(-n2c3ccccc3n3c4cccc(-c5cccc6c5nc5n(-c7ccccc7)c7ccccc7n65)c4nc23)cc1. The Labute approximate surface area is 251 Å². The minimum Gasteiger partial charge on any atom is -0.278 e. The molecular weight excluding hydrogens is 540 g/mol. The fourth-order valence-electron chi connectivity index (χ4n) is 6.95. The van der Waals surface area contributed by atoms with Crippen molar-refractivity contribution in [3.8, 4) is 22.5 Å². The first kappa shape index (κ1) is 23.4. The largest absolute Gasteiger partial charge is 0.278 e. The van der Waals surface area contributed by atoms with Crippen LogP contribution in [-0.4, -0.2) is 27.9 Å². The van der Waals surface area contributed by atoms with Gasteiger partial charge < -0.3 is 0 Å². The van der Waals surface area contributed by atoms with Crippen LogP contribution in [-0.2, 0) is 0 Å². The van der Waals surface area contributed by atoms with Crippen molar-refractivity contribution < 1.29 is 0 Å². The van der Waals surface area contributed by atoms with Crippen LogP contribution in [0.5, 0.6) is 0 Å². The van der Waals surface area contributed by atoms with E-state index in [1.165, 1.54) is 0 Å². The fourth-order valence-corrected chi connectivity index (χ4v) is 6.95. The van der Waals surface area contributed by atoms with Crippen LogP contribution in [0.1, 0.15) is 0 Å². The van der Waals surface area contributed by atoms with E-state index >= 15 is 0 Å². The lowest BCUT2D eigenvalue weighted by atomic mass is 10.0. The Kier molecular flexibility index (Phi) is 4.63. The van der Waals surface area contributed by atoms with Crippen molar-refractivity contribution in [2.24, 2.45) is 0 Å². The summed E-state index contributed by atoms with van der Waals surface area (Å²) in [6, 6.07) is 50.9. The maximum atomic E-state index is 5.35. The molecule has 0 amide bonds. The van der Waals surface area contributed by atoms with Crippen LogP contribution < -0.4 is 0 Å². The lowest BCUT2D eigenvalue weighted by Crippen LogP contribution is -1.94. The van der Waals surface area contributed by atoms with Crippen molar-refractivity contribution in [1.82, 2.24) is 27.9 Å². The molecule has 0 unspecified atom stereocenters. The average Bonchev–Trinajstić information content (AvgIpc) is 3.81. The summed E-state index contributed by atoms with van der Waals surface area (Å²) in [5.74, 6) is 1.78. The second kappa shape index (κ2) is 8.69.